The van der Waals surface area contributed by atoms with E-state index in [1.54, 1.807) is 18.4 Å². The van der Waals surface area contributed by atoms with Crippen LogP contribution in [0.2, 0.25) is 5.02 Å². The Bertz CT molecular complexity index is 865. The van der Waals surface area contributed by atoms with Crippen molar-refractivity contribution in [3.8, 4) is 5.75 Å². The van der Waals surface area contributed by atoms with E-state index >= 15 is 0 Å². The van der Waals surface area contributed by atoms with Crippen LogP contribution in [0.25, 0.3) is 0 Å². The normalized spacial score (nSPS) is 11.4. The lowest BCUT2D eigenvalue weighted by atomic mass is 9.90. The average Bonchev–Trinajstić information content (AvgIpc) is 3.00. The van der Waals surface area contributed by atoms with Crippen LogP contribution in [0.1, 0.15) is 36.9 Å². The van der Waals surface area contributed by atoms with Gasteiger partial charge in [-0.1, -0.05) is 44.5 Å². The Balaban J connectivity index is 1.87. The fraction of sp³-hybridized carbons (Fsp3) is 0.286. The summed E-state index contributed by atoms with van der Waals surface area (Å²) in [5.41, 5.74) is 3.35. The molecule has 26 heavy (non-hydrogen) atoms. The predicted octanol–water partition coefficient (Wildman–Crippen LogP) is 6.44. The zero-order chi connectivity index (χ0) is 18.7. The first-order valence-electron chi connectivity index (χ1n) is 8.51. The number of aromatic nitrogens is 1. The molecular weight excluding hydrogens is 364 g/mol. The van der Waals surface area contributed by atoms with Crippen molar-refractivity contribution < 1.29 is 4.74 Å². The molecular formula is C21H23ClN2OS. The molecule has 136 valence electrons. The molecule has 1 heterocycles. The number of methoxy groups -OCH3 is 1. The van der Waals surface area contributed by atoms with Crippen molar-refractivity contribution in [3.05, 3.63) is 69.7 Å². The second-order valence-electron chi connectivity index (χ2n) is 7.20. The maximum absolute atomic E-state index is 6.01. The van der Waals surface area contributed by atoms with Crippen LogP contribution in [-0.2, 0) is 11.8 Å². The first-order chi connectivity index (χ1) is 12.3. The smallest absolute Gasteiger partial charge is 0.187 e. The molecule has 0 saturated carbocycles. The fourth-order valence-corrected chi connectivity index (χ4v) is 4.05. The second kappa shape index (κ2) is 7.68. The summed E-state index contributed by atoms with van der Waals surface area (Å²) in [6.07, 6.45) is 0.853. The van der Waals surface area contributed by atoms with E-state index in [1.807, 2.05) is 36.4 Å². The number of hydrogen-bond acceptors (Lipinski definition) is 4. The summed E-state index contributed by atoms with van der Waals surface area (Å²) in [5.74, 6) is 0.841. The zero-order valence-electron chi connectivity index (χ0n) is 15.5. The van der Waals surface area contributed by atoms with Crippen molar-refractivity contribution in [2.24, 2.45) is 0 Å². The molecule has 0 spiro atoms. The van der Waals surface area contributed by atoms with Gasteiger partial charge in [-0.2, -0.15) is 0 Å². The molecule has 0 bridgehead atoms. The Labute approximate surface area is 164 Å². The zero-order valence-corrected chi connectivity index (χ0v) is 17.0. The van der Waals surface area contributed by atoms with Crippen LogP contribution >= 0.6 is 22.9 Å². The van der Waals surface area contributed by atoms with Crippen molar-refractivity contribution in [2.75, 3.05) is 12.4 Å². The summed E-state index contributed by atoms with van der Waals surface area (Å²) in [7, 11) is 1.67. The van der Waals surface area contributed by atoms with E-state index < -0.39 is 0 Å². The first-order valence-corrected chi connectivity index (χ1v) is 9.70. The van der Waals surface area contributed by atoms with Gasteiger partial charge in [-0.15, -0.1) is 11.3 Å². The predicted molar refractivity (Wildman–Crippen MR) is 111 cm³/mol. The van der Waals surface area contributed by atoms with Crippen molar-refractivity contribution in [3.63, 3.8) is 0 Å². The molecule has 0 saturated heterocycles. The van der Waals surface area contributed by atoms with Crippen LogP contribution in [0.15, 0.2) is 48.5 Å². The van der Waals surface area contributed by atoms with E-state index in [9.17, 15) is 0 Å². The van der Waals surface area contributed by atoms with Crippen LogP contribution in [0.3, 0.4) is 0 Å². The number of nitrogens with zero attached hydrogens (tertiary/aromatic N) is 1. The van der Waals surface area contributed by atoms with Crippen LogP contribution in [0.4, 0.5) is 10.8 Å². The second-order valence-corrected chi connectivity index (χ2v) is 8.72. The van der Waals surface area contributed by atoms with Gasteiger partial charge in [0.1, 0.15) is 5.75 Å². The van der Waals surface area contributed by atoms with E-state index in [2.05, 4.69) is 38.2 Å². The number of nitrogens with one attached hydrogen (secondary N) is 1. The van der Waals surface area contributed by atoms with Crippen molar-refractivity contribution >= 4 is 33.8 Å². The SMILES string of the molecule is COc1ccc(Nc2nc(C(C)(C)C)c(Cc3ccc(Cl)cc3)s2)cc1. The molecule has 0 fully saturated rings. The Morgan fingerprint density at radius 2 is 1.69 bits per heavy atom. The lowest BCUT2D eigenvalue weighted by molar-refractivity contribution is 0.415. The third kappa shape index (κ3) is 4.57. The molecule has 0 aliphatic rings. The summed E-state index contributed by atoms with van der Waals surface area (Å²) >= 11 is 7.71. The van der Waals surface area contributed by atoms with Crippen LogP contribution in [0.5, 0.6) is 5.75 Å². The highest BCUT2D eigenvalue weighted by Crippen LogP contribution is 2.35. The molecule has 5 heteroatoms. The van der Waals surface area contributed by atoms with E-state index in [-0.39, 0.29) is 5.41 Å². The lowest BCUT2D eigenvalue weighted by Crippen LogP contribution is -2.14. The minimum Gasteiger partial charge on any atom is -0.497 e. The van der Waals surface area contributed by atoms with Gasteiger partial charge in [-0.25, -0.2) is 4.98 Å². The molecule has 1 aromatic heterocycles. The molecule has 1 N–H and O–H groups in total. The van der Waals surface area contributed by atoms with Gasteiger partial charge in [-0.05, 0) is 42.0 Å². The highest BCUT2D eigenvalue weighted by molar-refractivity contribution is 7.15. The van der Waals surface area contributed by atoms with Gasteiger partial charge in [0.05, 0.1) is 12.8 Å². The summed E-state index contributed by atoms with van der Waals surface area (Å²) in [6, 6.07) is 15.9. The van der Waals surface area contributed by atoms with Crippen LogP contribution < -0.4 is 10.1 Å². The number of ether oxygens (including phenoxy) is 1. The minimum absolute atomic E-state index is 0.0158. The molecule has 0 atom stereocenters. The molecule has 0 aliphatic heterocycles. The van der Waals surface area contributed by atoms with Crippen LogP contribution in [-0.4, -0.2) is 12.1 Å². The Kier molecular flexibility index (Phi) is 5.54. The summed E-state index contributed by atoms with van der Waals surface area (Å²) < 4.78 is 5.21. The third-order valence-electron chi connectivity index (χ3n) is 4.03. The first kappa shape index (κ1) is 18.7. The topological polar surface area (TPSA) is 34.1 Å². The van der Waals surface area contributed by atoms with Crippen molar-refractivity contribution in [2.45, 2.75) is 32.6 Å². The number of rotatable bonds is 5. The van der Waals surface area contributed by atoms with E-state index in [4.69, 9.17) is 21.3 Å². The number of benzene rings is 2. The highest BCUT2D eigenvalue weighted by atomic mass is 35.5. The summed E-state index contributed by atoms with van der Waals surface area (Å²) in [5, 5.41) is 5.08. The van der Waals surface area contributed by atoms with E-state index in [1.165, 1.54) is 10.4 Å². The van der Waals surface area contributed by atoms with E-state index in [0.717, 1.165) is 33.7 Å². The number of hydrogen-bond donors (Lipinski definition) is 1. The maximum atomic E-state index is 6.01. The van der Waals surface area contributed by atoms with E-state index in [0.29, 0.717) is 0 Å². The van der Waals surface area contributed by atoms with Gasteiger partial charge in [0, 0.05) is 27.4 Å². The van der Waals surface area contributed by atoms with Gasteiger partial charge in [0.25, 0.3) is 0 Å². The summed E-state index contributed by atoms with van der Waals surface area (Å²) in [6.45, 7) is 6.60. The Hall–Kier alpha value is -2.04. The molecule has 3 nitrogen and oxygen atoms in total. The number of anilines is 2. The van der Waals surface area contributed by atoms with Crippen molar-refractivity contribution in [1.82, 2.24) is 4.98 Å². The molecule has 0 aliphatic carbocycles. The number of thiazole rings is 1. The molecule has 0 unspecified atom stereocenters. The monoisotopic (exact) mass is 386 g/mol. The molecule has 0 radical (unpaired) electrons. The van der Waals surface area contributed by atoms with Gasteiger partial charge >= 0.3 is 0 Å². The molecule has 2 aromatic carbocycles. The third-order valence-corrected chi connectivity index (χ3v) is 5.25. The maximum Gasteiger partial charge on any atom is 0.187 e. The van der Waals surface area contributed by atoms with Gasteiger partial charge < -0.3 is 10.1 Å². The standard InChI is InChI=1S/C21H23ClN2OS/c1-21(2,3)19-18(13-14-5-7-15(22)8-6-14)26-20(24-19)23-16-9-11-17(25-4)12-10-16/h5-12H,13H2,1-4H3,(H,23,24). The van der Waals surface area contributed by atoms with Gasteiger partial charge in [0.15, 0.2) is 5.13 Å². The lowest BCUT2D eigenvalue weighted by Gasteiger charge is -2.17. The molecule has 0 amide bonds. The van der Waals surface area contributed by atoms with Crippen molar-refractivity contribution in [1.29, 1.82) is 0 Å². The quantitative estimate of drug-likeness (QED) is 0.548. The minimum atomic E-state index is -0.0158. The fourth-order valence-electron chi connectivity index (χ4n) is 2.70. The highest BCUT2D eigenvalue weighted by Gasteiger charge is 2.23. The molecule has 3 rings (SSSR count). The Morgan fingerprint density at radius 1 is 1.04 bits per heavy atom. The van der Waals surface area contributed by atoms with Crippen LogP contribution in [0, 0.1) is 0 Å². The Morgan fingerprint density at radius 3 is 2.27 bits per heavy atom. The molecule has 3 aromatic rings. The largest absolute Gasteiger partial charge is 0.497 e. The summed E-state index contributed by atoms with van der Waals surface area (Å²) in [4.78, 5) is 6.16. The average molecular weight is 387 g/mol. The number of halogens is 1. The van der Waals surface area contributed by atoms with Gasteiger partial charge in [0.2, 0.25) is 0 Å². The van der Waals surface area contributed by atoms with Gasteiger partial charge in [-0.3, -0.25) is 0 Å².